The van der Waals surface area contributed by atoms with Crippen LogP contribution in [0.3, 0.4) is 0 Å². The predicted molar refractivity (Wildman–Crippen MR) is 74.7 cm³/mol. The molecular formula is C16H19NO. The normalized spacial score (nSPS) is 12.3. The molecule has 2 rings (SSSR count). The van der Waals surface area contributed by atoms with Crippen LogP contribution in [0.5, 0.6) is 5.75 Å². The molecule has 0 aliphatic heterocycles. The Kier molecular flexibility index (Phi) is 4.37. The van der Waals surface area contributed by atoms with Gasteiger partial charge in [-0.15, -0.1) is 0 Å². The lowest BCUT2D eigenvalue weighted by Crippen LogP contribution is -2.19. The van der Waals surface area contributed by atoms with E-state index >= 15 is 0 Å². The van der Waals surface area contributed by atoms with Gasteiger partial charge >= 0.3 is 0 Å². The first-order valence-electron chi connectivity index (χ1n) is 6.29. The molecule has 0 saturated heterocycles. The molecule has 0 heterocycles. The molecule has 1 unspecified atom stereocenters. The number of phenols is 1. The van der Waals surface area contributed by atoms with Crippen LogP contribution in [-0.4, -0.2) is 11.7 Å². The van der Waals surface area contributed by atoms with Crippen molar-refractivity contribution in [3.63, 3.8) is 0 Å². The van der Waals surface area contributed by atoms with Crippen LogP contribution in [0, 0.1) is 0 Å². The van der Waals surface area contributed by atoms with Gasteiger partial charge in [0, 0.05) is 13.1 Å². The van der Waals surface area contributed by atoms with Crippen molar-refractivity contribution < 1.29 is 5.11 Å². The Hall–Kier alpha value is -1.80. The molecule has 0 aliphatic rings. The summed E-state index contributed by atoms with van der Waals surface area (Å²) in [5, 5.41) is 12.6. The zero-order valence-corrected chi connectivity index (χ0v) is 10.6. The standard InChI is InChI=1S/C16H19NO/c1-13(15-5-3-2-4-6-15)11-17-12-14-7-9-16(18)10-8-14/h2-10,13,17-18H,11-12H2,1H3. The minimum atomic E-state index is 0.316. The summed E-state index contributed by atoms with van der Waals surface area (Å²) in [6.07, 6.45) is 0. The molecule has 0 spiro atoms. The maximum Gasteiger partial charge on any atom is 0.115 e. The summed E-state index contributed by atoms with van der Waals surface area (Å²) >= 11 is 0. The van der Waals surface area contributed by atoms with E-state index in [0.717, 1.165) is 13.1 Å². The topological polar surface area (TPSA) is 32.3 Å². The predicted octanol–water partition coefficient (Wildman–Crippen LogP) is 3.29. The van der Waals surface area contributed by atoms with Crippen molar-refractivity contribution in [1.29, 1.82) is 0 Å². The molecule has 0 radical (unpaired) electrons. The van der Waals surface area contributed by atoms with Crippen molar-refractivity contribution >= 4 is 0 Å². The molecule has 2 nitrogen and oxygen atoms in total. The third kappa shape index (κ3) is 3.60. The Morgan fingerprint density at radius 3 is 2.33 bits per heavy atom. The highest BCUT2D eigenvalue weighted by Gasteiger charge is 2.03. The Morgan fingerprint density at radius 1 is 1.00 bits per heavy atom. The van der Waals surface area contributed by atoms with E-state index in [-0.39, 0.29) is 0 Å². The van der Waals surface area contributed by atoms with Gasteiger partial charge in [-0.05, 0) is 29.2 Å². The van der Waals surface area contributed by atoms with Crippen LogP contribution < -0.4 is 5.32 Å². The van der Waals surface area contributed by atoms with E-state index in [9.17, 15) is 5.11 Å². The zero-order valence-electron chi connectivity index (χ0n) is 10.6. The molecule has 1 atom stereocenters. The second kappa shape index (κ2) is 6.22. The highest BCUT2D eigenvalue weighted by molar-refractivity contribution is 5.25. The number of benzene rings is 2. The van der Waals surface area contributed by atoms with E-state index in [1.807, 2.05) is 18.2 Å². The molecule has 2 aromatic rings. The van der Waals surface area contributed by atoms with Crippen LogP contribution in [0.15, 0.2) is 54.6 Å². The fraction of sp³-hybridized carbons (Fsp3) is 0.250. The summed E-state index contributed by atoms with van der Waals surface area (Å²) < 4.78 is 0. The van der Waals surface area contributed by atoms with Crippen molar-refractivity contribution in [2.75, 3.05) is 6.54 Å². The number of hydrogen-bond acceptors (Lipinski definition) is 2. The third-order valence-corrected chi connectivity index (χ3v) is 3.08. The van der Waals surface area contributed by atoms with Gasteiger partial charge in [-0.25, -0.2) is 0 Å². The van der Waals surface area contributed by atoms with E-state index in [1.54, 1.807) is 12.1 Å². The molecule has 0 aliphatic carbocycles. The highest BCUT2D eigenvalue weighted by Crippen LogP contribution is 2.14. The Bertz CT molecular complexity index is 464. The first kappa shape index (κ1) is 12.7. The smallest absolute Gasteiger partial charge is 0.115 e. The minimum Gasteiger partial charge on any atom is -0.508 e. The maximum absolute atomic E-state index is 9.20. The van der Waals surface area contributed by atoms with Crippen LogP contribution in [0.2, 0.25) is 0 Å². The molecule has 0 fully saturated rings. The molecular weight excluding hydrogens is 222 g/mol. The molecule has 94 valence electrons. The Morgan fingerprint density at radius 2 is 1.67 bits per heavy atom. The molecule has 0 saturated carbocycles. The number of aromatic hydroxyl groups is 1. The van der Waals surface area contributed by atoms with Gasteiger partial charge in [0.25, 0.3) is 0 Å². The van der Waals surface area contributed by atoms with E-state index < -0.39 is 0 Å². The maximum atomic E-state index is 9.20. The summed E-state index contributed by atoms with van der Waals surface area (Å²) in [4.78, 5) is 0. The quantitative estimate of drug-likeness (QED) is 0.842. The van der Waals surface area contributed by atoms with Gasteiger partial charge in [-0.3, -0.25) is 0 Å². The van der Waals surface area contributed by atoms with E-state index in [4.69, 9.17) is 0 Å². The summed E-state index contributed by atoms with van der Waals surface area (Å²) in [5.74, 6) is 0.819. The van der Waals surface area contributed by atoms with Gasteiger partial charge < -0.3 is 10.4 Å². The molecule has 2 aromatic carbocycles. The number of nitrogens with one attached hydrogen (secondary N) is 1. The monoisotopic (exact) mass is 241 g/mol. The summed E-state index contributed by atoms with van der Waals surface area (Å²) in [5.41, 5.74) is 2.55. The van der Waals surface area contributed by atoms with Gasteiger partial charge in [-0.2, -0.15) is 0 Å². The molecule has 0 aromatic heterocycles. The van der Waals surface area contributed by atoms with Crippen molar-refractivity contribution in [2.45, 2.75) is 19.4 Å². The molecule has 2 heteroatoms. The second-order valence-corrected chi connectivity index (χ2v) is 4.61. The fourth-order valence-corrected chi connectivity index (χ4v) is 1.95. The lowest BCUT2D eigenvalue weighted by molar-refractivity contribution is 0.475. The highest BCUT2D eigenvalue weighted by atomic mass is 16.3. The van der Waals surface area contributed by atoms with Crippen molar-refractivity contribution in [3.05, 3.63) is 65.7 Å². The van der Waals surface area contributed by atoms with Gasteiger partial charge in [-0.1, -0.05) is 49.4 Å². The summed E-state index contributed by atoms with van der Waals surface area (Å²) in [6, 6.07) is 17.8. The third-order valence-electron chi connectivity index (χ3n) is 3.08. The Labute approximate surface area is 108 Å². The van der Waals surface area contributed by atoms with Gasteiger partial charge in [0.1, 0.15) is 5.75 Å². The second-order valence-electron chi connectivity index (χ2n) is 4.61. The van der Waals surface area contributed by atoms with Crippen molar-refractivity contribution in [1.82, 2.24) is 5.32 Å². The van der Waals surface area contributed by atoms with Crippen LogP contribution in [0.1, 0.15) is 24.0 Å². The molecule has 0 amide bonds. The van der Waals surface area contributed by atoms with E-state index in [2.05, 4.69) is 36.5 Å². The van der Waals surface area contributed by atoms with Crippen LogP contribution in [0.4, 0.5) is 0 Å². The SMILES string of the molecule is CC(CNCc1ccc(O)cc1)c1ccccc1. The first-order chi connectivity index (χ1) is 8.75. The van der Waals surface area contributed by atoms with Gasteiger partial charge in [0.2, 0.25) is 0 Å². The average Bonchev–Trinajstić information content (AvgIpc) is 2.42. The lowest BCUT2D eigenvalue weighted by Gasteiger charge is -2.13. The van der Waals surface area contributed by atoms with Crippen LogP contribution in [-0.2, 0) is 6.54 Å². The minimum absolute atomic E-state index is 0.316. The van der Waals surface area contributed by atoms with E-state index in [1.165, 1.54) is 11.1 Å². The number of hydrogen-bond donors (Lipinski definition) is 2. The van der Waals surface area contributed by atoms with Crippen LogP contribution in [0.25, 0.3) is 0 Å². The fourth-order valence-electron chi connectivity index (χ4n) is 1.95. The molecule has 2 N–H and O–H groups in total. The van der Waals surface area contributed by atoms with E-state index in [0.29, 0.717) is 11.7 Å². The summed E-state index contributed by atoms with van der Waals surface area (Å²) in [6.45, 7) is 4.00. The molecule has 0 bridgehead atoms. The average molecular weight is 241 g/mol. The lowest BCUT2D eigenvalue weighted by atomic mass is 10.0. The van der Waals surface area contributed by atoms with Gasteiger partial charge in [0.05, 0.1) is 0 Å². The van der Waals surface area contributed by atoms with Crippen molar-refractivity contribution in [3.8, 4) is 5.75 Å². The number of phenolic OH excluding ortho intramolecular Hbond substituents is 1. The van der Waals surface area contributed by atoms with Gasteiger partial charge in [0.15, 0.2) is 0 Å². The first-order valence-corrected chi connectivity index (χ1v) is 6.29. The number of rotatable bonds is 5. The summed E-state index contributed by atoms with van der Waals surface area (Å²) in [7, 11) is 0. The van der Waals surface area contributed by atoms with Crippen LogP contribution >= 0.6 is 0 Å². The largest absolute Gasteiger partial charge is 0.508 e. The Balaban J connectivity index is 1.80. The van der Waals surface area contributed by atoms with Crippen molar-refractivity contribution in [2.24, 2.45) is 0 Å². The molecule has 18 heavy (non-hydrogen) atoms. The zero-order chi connectivity index (χ0) is 12.8.